The molecule has 1 N–H and O–H groups in total. The van der Waals surface area contributed by atoms with Crippen LogP contribution in [0.5, 0.6) is 17.2 Å². The van der Waals surface area contributed by atoms with Gasteiger partial charge in [-0.25, -0.2) is 0 Å². The molecule has 0 saturated heterocycles. The predicted octanol–water partition coefficient (Wildman–Crippen LogP) is 5.68. The van der Waals surface area contributed by atoms with Gasteiger partial charge in [0.1, 0.15) is 11.3 Å². The fourth-order valence-electron chi connectivity index (χ4n) is 4.19. The highest BCUT2D eigenvalue weighted by Gasteiger charge is 2.44. The molecule has 0 radical (unpaired) electrons. The van der Waals surface area contributed by atoms with Crippen molar-refractivity contribution in [2.75, 3.05) is 19.1 Å². The number of phenols is 1. The van der Waals surface area contributed by atoms with Crippen molar-refractivity contribution in [2.45, 2.75) is 6.04 Å². The minimum Gasteiger partial charge on any atom is -0.503 e. The number of anilines is 1. The van der Waals surface area contributed by atoms with Crippen LogP contribution in [0, 0.1) is 0 Å². The first kappa shape index (κ1) is 22.3. The number of methoxy groups -OCH3 is 2. The first-order valence-corrected chi connectivity index (χ1v) is 11.3. The number of carbonyl (C=O) groups is 1. The van der Waals surface area contributed by atoms with Gasteiger partial charge in [-0.2, -0.15) is 0 Å². The summed E-state index contributed by atoms with van der Waals surface area (Å²) in [7, 11) is 2.95. The van der Waals surface area contributed by atoms with Crippen LogP contribution in [0.2, 0.25) is 5.02 Å². The van der Waals surface area contributed by atoms with Crippen molar-refractivity contribution < 1.29 is 23.8 Å². The van der Waals surface area contributed by atoms with Crippen LogP contribution in [0.25, 0.3) is 11.0 Å². The zero-order chi connectivity index (χ0) is 24.1. The lowest BCUT2D eigenvalue weighted by molar-refractivity contribution is 0.0971. The van der Waals surface area contributed by atoms with Crippen LogP contribution >= 0.6 is 27.5 Å². The molecular formula is C25H17BrClNO6. The van der Waals surface area contributed by atoms with Crippen molar-refractivity contribution in [1.82, 2.24) is 0 Å². The Hall–Kier alpha value is -3.49. The maximum absolute atomic E-state index is 13.7. The molecule has 0 aliphatic carbocycles. The van der Waals surface area contributed by atoms with Gasteiger partial charge in [-0.15, -0.1) is 0 Å². The van der Waals surface area contributed by atoms with Crippen molar-refractivity contribution in [1.29, 1.82) is 0 Å². The first-order chi connectivity index (χ1) is 16.3. The minimum atomic E-state index is -0.861. The van der Waals surface area contributed by atoms with Gasteiger partial charge in [0.25, 0.3) is 5.91 Å². The van der Waals surface area contributed by atoms with Crippen molar-refractivity contribution in [3.63, 3.8) is 0 Å². The van der Waals surface area contributed by atoms with Gasteiger partial charge in [-0.05, 0) is 64.0 Å². The second-order valence-corrected chi connectivity index (χ2v) is 8.94. The molecular weight excluding hydrogens is 526 g/mol. The Balaban J connectivity index is 1.84. The fourth-order valence-corrected chi connectivity index (χ4v) is 4.83. The summed E-state index contributed by atoms with van der Waals surface area (Å²) in [6, 6.07) is 14.0. The van der Waals surface area contributed by atoms with E-state index >= 15 is 0 Å². The number of benzene rings is 3. The number of nitrogens with zero attached hydrogens (tertiary/aromatic N) is 1. The zero-order valence-electron chi connectivity index (χ0n) is 18.0. The van der Waals surface area contributed by atoms with E-state index in [1.807, 2.05) is 0 Å². The van der Waals surface area contributed by atoms with Crippen LogP contribution in [-0.2, 0) is 0 Å². The third-order valence-corrected chi connectivity index (χ3v) is 6.59. The van der Waals surface area contributed by atoms with Crippen LogP contribution < -0.4 is 19.8 Å². The molecule has 9 heteroatoms. The second kappa shape index (κ2) is 8.38. The van der Waals surface area contributed by atoms with Gasteiger partial charge in [0.2, 0.25) is 5.76 Å². The lowest BCUT2D eigenvalue weighted by atomic mass is 9.97. The van der Waals surface area contributed by atoms with Gasteiger partial charge in [-0.3, -0.25) is 14.5 Å². The van der Waals surface area contributed by atoms with Gasteiger partial charge >= 0.3 is 0 Å². The summed E-state index contributed by atoms with van der Waals surface area (Å²) in [6.45, 7) is 0. The fraction of sp³-hybridized carbons (Fsp3) is 0.120. The summed E-state index contributed by atoms with van der Waals surface area (Å²) in [4.78, 5) is 28.8. The van der Waals surface area contributed by atoms with E-state index in [4.69, 9.17) is 25.5 Å². The van der Waals surface area contributed by atoms with Crippen LogP contribution in [0.15, 0.2) is 68.3 Å². The maximum atomic E-state index is 13.7. The SMILES string of the molecule is COc1cccc(N2C(=O)c3oc4ccc(Cl)cc4c(=O)c3C2c2cc(Br)c(O)c(OC)c2)c1. The van der Waals surface area contributed by atoms with Gasteiger partial charge in [0.05, 0.1) is 35.7 Å². The summed E-state index contributed by atoms with van der Waals surface area (Å²) in [5.41, 5.74) is 1.10. The highest BCUT2D eigenvalue weighted by Crippen LogP contribution is 2.45. The number of halogens is 2. The topological polar surface area (TPSA) is 89.2 Å². The van der Waals surface area contributed by atoms with E-state index in [1.54, 1.807) is 48.5 Å². The Bertz CT molecular complexity index is 1530. The van der Waals surface area contributed by atoms with E-state index in [0.717, 1.165) is 0 Å². The average molecular weight is 543 g/mol. The molecule has 0 bridgehead atoms. The van der Waals surface area contributed by atoms with E-state index in [2.05, 4.69) is 15.9 Å². The normalized spacial score (nSPS) is 15.0. The second-order valence-electron chi connectivity index (χ2n) is 7.65. The van der Waals surface area contributed by atoms with Crippen molar-refractivity contribution >= 4 is 50.1 Å². The quantitative estimate of drug-likeness (QED) is 0.357. The molecule has 0 fully saturated rings. The number of amides is 1. The smallest absolute Gasteiger partial charge is 0.295 e. The first-order valence-electron chi connectivity index (χ1n) is 10.1. The van der Waals surface area contributed by atoms with E-state index < -0.39 is 11.9 Å². The minimum absolute atomic E-state index is 0.0594. The van der Waals surface area contributed by atoms with Crippen LogP contribution in [0.3, 0.4) is 0 Å². The highest BCUT2D eigenvalue weighted by atomic mass is 79.9. The lowest BCUT2D eigenvalue weighted by Crippen LogP contribution is -2.29. The number of ether oxygens (including phenoxy) is 2. The van der Waals surface area contributed by atoms with Crippen molar-refractivity contribution in [3.05, 3.63) is 91.2 Å². The summed E-state index contributed by atoms with van der Waals surface area (Å²) >= 11 is 9.47. The number of phenolic OH excluding ortho intramolecular Hbond substituents is 1. The van der Waals surface area contributed by atoms with Crippen LogP contribution in [-0.4, -0.2) is 25.2 Å². The molecule has 1 unspecified atom stereocenters. The Kier molecular flexibility index (Phi) is 5.50. The van der Waals surface area contributed by atoms with Crippen LogP contribution in [0.1, 0.15) is 27.7 Å². The van der Waals surface area contributed by atoms with E-state index in [9.17, 15) is 14.7 Å². The van der Waals surface area contributed by atoms with Gasteiger partial charge in [0, 0.05) is 16.8 Å². The molecule has 5 rings (SSSR count). The standard InChI is InChI=1S/C25H17BrClNO6/c1-32-15-5-3-4-14(11-15)28-21(12-8-17(26)23(30)19(9-12)33-2)20-22(29)16-10-13(27)6-7-18(16)34-24(20)25(28)31/h3-11,21,30H,1-2H3. The molecule has 4 aromatic rings. The molecule has 172 valence electrons. The summed E-state index contributed by atoms with van der Waals surface area (Å²) in [5.74, 6) is 0.0898. The number of aromatic hydroxyl groups is 1. The van der Waals surface area contributed by atoms with Crippen molar-refractivity contribution in [3.8, 4) is 17.2 Å². The van der Waals surface area contributed by atoms with Crippen molar-refractivity contribution in [2.24, 2.45) is 0 Å². The van der Waals surface area contributed by atoms with Gasteiger partial charge < -0.3 is 19.0 Å². The average Bonchev–Trinajstić information content (AvgIpc) is 3.13. The molecule has 3 aromatic carbocycles. The largest absolute Gasteiger partial charge is 0.503 e. The lowest BCUT2D eigenvalue weighted by Gasteiger charge is -2.26. The molecule has 1 aromatic heterocycles. The monoisotopic (exact) mass is 541 g/mol. The number of rotatable bonds is 4. The summed E-state index contributed by atoms with van der Waals surface area (Å²) in [5, 5.41) is 11.0. The Labute approximate surface area is 207 Å². The van der Waals surface area contributed by atoms with E-state index in [1.165, 1.54) is 25.2 Å². The molecule has 7 nitrogen and oxygen atoms in total. The Morgan fingerprint density at radius 3 is 2.59 bits per heavy atom. The van der Waals surface area contributed by atoms with Gasteiger partial charge in [-0.1, -0.05) is 17.7 Å². The molecule has 1 atom stereocenters. The van der Waals surface area contributed by atoms with Gasteiger partial charge in [0.15, 0.2) is 16.9 Å². The summed E-state index contributed by atoms with van der Waals surface area (Å²) in [6.07, 6.45) is 0. The molecule has 2 heterocycles. The number of carbonyl (C=O) groups excluding carboxylic acids is 1. The predicted molar refractivity (Wildman–Crippen MR) is 131 cm³/mol. The Morgan fingerprint density at radius 1 is 1.06 bits per heavy atom. The molecule has 0 saturated carbocycles. The molecule has 1 aliphatic heterocycles. The van der Waals surface area contributed by atoms with E-state index in [0.29, 0.717) is 26.5 Å². The maximum Gasteiger partial charge on any atom is 0.295 e. The zero-order valence-corrected chi connectivity index (χ0v) is 20.3. The summed E-state index contributed by atoms with van der Waals surface area (Å²) < 4.78 is 17.0. The molecule has 0 spiro atoms. The third kappa shape index (κ3) is 3.41. The third-order valence-electron chi connectivity index (χ3n) is 5.75. The number of fused-ring (bicyclic) bond motifs is 2. The number of hydrogen-bond donors (Lipinski definition) is 1. The van der Waals surface area contributed by atoms with Crippen LogP contribution in [0.4, 0.5) is 5.69 Å². The molecule has 1 aliphatic rings. The number of hydrogen-bond acceptors (Lipinski definition) is 6. The molecule has 1 amide bonds. The highest BCUT2D eigenvalue weighted by molar-refractivity contribution is 9.10. The van der Waals surface area contributed by atoms with E-state index in [-0.39, 0.29) is 39.2 Å². The Morgan fingerprint density at radius 2 is 1.85 bits per heavy atom. The molecule has 34 heavy (non-hydrogen) atoms.